The van der Waals surface area contributed by atoms with Crippen molar-refractivity contribution in [3.05, 3.63) is 22.7 Å². The maximum atomic E-state index is 10.3. The molecule has 0 amide bonds. The Morgan fingerprint density at radius 2 is 2.17 bits per heavy atom. The van der Waals surface area contributed by atoms with E-state index in [0.29, 0.717) is 0 Å². The first-order chi connectivity index (χ1) is 8.63. The second-order valence-electron chi connectivity index (χ2n) is 3.98. The van der Waals surface area contributed by atoms with Gasteiger partial charge in [-0.1, -0.05) is 6.42 Å². The number of methoxy groups -OCH3 is 1. The maximum absolute atomic E-state index is 10.3. The largest absolute Gasteiger partial charge is 0.496 e. The summed E-state index contributed by atoms with van der Waals surface area (Å²) < 4.78 is 6.07. The zero-order valence-corrected chi connectivity index (χ0v) is 12.0. The molecule has 1 aromatic carbocycles. The smallest absolute Gasteiger partial charge is 0.303 e. The van der Waals surface area contributed by atoms with E-state index in [1.165, 1.54) is 0 Å². The highest BCUT2D eigenvalue weighted by atomic mass is 79.9. The molecule has 18 heavy (non-hydrogen) atoms. The van der Waals surface area contributed by atoms with Crippen LogP contribution >= 0.6 is 15.9 Å². The van der Waals surface area contributed by atoms with Crippen molar-refractivity contribution in [1.82, 2.24) is 0 Å². The van der Waals surface area contributed by atoms with Crippen molar-refractivity contribution in [1.29, 1.82) is 0 Å². The van der Waals surface area contributed by atoms with Gasteiger partial charge in [0, 0.05) is 18.7 Å². The van der Waals surface area contributed by atoms with Crippen molar-refractivity contribution >= 4 is 27.6 Å². The quantitative estimate of drug-likeness (QED) is 0.721. The Bertz CT molecular complexity index is 396. The normalized spacial score (nSPS) is 10.1. The minimum Gasteiger partial charge on any atom is -0.496 e. The summed E-state index contributed by atoms with van der Waals surface area (Å²) in [4.78, 5) is 10.3. The zero-order valence-electron chi connectivity index (χ0n) is 10.4. The Morgan fingerprint density at radius 3 is 2.78 bits per heavy atom. The number of hydrogen-bond acceptors (Lipinski definition) is 3. The number of carboxylic acids is 1. The van der Waals surface area contributed by atoms with Gasteiger partial charge >= 0.3 is 5.97 Å². The van der Waals surface area contributed by atoms with Crippen molar-refractivity contribution in [2.45, 2.75) is 25.7 Å². The van der Waals surface area contributed by atoms with Crippen LogP contribution in [0, 0.1) is 0 Å². The van der Waals surface area contributed by atoms with Crippen LogP contribution in [0.4, 0.5) is 5.69 Å². The third-order valence-corrected chi connectivity index (χ3v) is 3.17. The Labute approximate surface area is 115 Å². The van der Waals surface area contributed by atoms with E-state index in [0.717, 1.165) is 41.7 Å². The number of carbonyl (C=O) groups is 1. The van der Waals surface area contributed by atoms with Gasteiger partial charge in [-0.25, -0.2) is 0 Å². The van der Waals surface area contributed by atoms with E-state index in [-0.39, 0.29) is 6.42 Å². The first-order valence-electron chi connectivity index (χ1n) is 5.92. The fourth-order valence-electron chi connectivity index (χ4n) is 1.59. The Kier molecular flexibility index (Phi) is 6.57. The van der Waals surface area contributed by atoms with E-state index >= 15 is 0 Å². The van der Waals surface area contributed by atoms with Crippen molar-refractivity contribution in [3.63, 3.8) is 0 Å². The van der Waals surface area contributed by atoms with Crippen LogP contribution < -0.4 is 10.1 Å². The van der Waals surface area contributed by atoms with Gasteiger partial charge in [-0.3, -0.25) is 4.79 Å². The van der Waals surface area contributed by atoms with Crippen LogP contribution in [0.15, 0.2) is 22.7 Å². The summed E-state index contributed by atoms with van der Waals surface area (Å²) in [7, 11) is 1.63. The molecule has 1 rings (SSSR count). The summed E-state index contributed by atoms with van der Waals surface area (Å²) in [5.41, 5.74) is 1.03. The number of ether oxygens (including phenoxy) is 1. The second kappa shape index (κ2) is 7.97. The molecule has 0 spiro atoms. The number of benzene rings is 1. The van der Waals surface area contributed by atoms with Crippen LogP contribution in [-0.4, -0.2) is 24.7 Å². The monoisotopic (exact) mass is 315 g/mol. The van der Waals surface area contributed by atoms with Gasteiger partial charge in [0.05, 0.1) is 11.6 Å². The second-order valence-corrected chi connectivity index (χ2v) is 4.83. The highest BCUT2D eigenvalue weighted by Crippen LogP contribution is 2.27. The van der Waals surface area contributed by atoms with E-state index in [9.17, 15) is 4.79 Å². The van der Waals surface area contributed by atoms with Gasteiger partial charge in [-0.15, -0.1) is 0 Å². The standard InChI is InChI=1S/C13H18BrNO3/c1-18-12-7-6-10(9-11(12)14)15-8-4-2-3-5-13(16)17/h6-7,9,15H,2-5,8H2,1H3,(H,16,17). The van der Waals surface area contributed by atoms with E-state index in [1.54, 1.807) is 7.11 Å². The van der Waals surface area contributed by atoms with Crippen LogP contribution in [0.25, 0.3) is 0 Å². The lowest BCUT2D eigenvalue weighted by atomic mass is 10.2. The molecule has 0 radical (unpaired) electrons. The van der Waals surface area contributed by atoms with Crippen LogP contribution in [0.2, 0.25) is 0 Å². The molecular formula is C13H18BrNO3. The minimum absolute atomic E-state index is 0.258. The molecule has 100 valence electrons. The summed E-state index contributed by atoms with van der Waals surface area (Å²) in [6, 6.07) is 5.83. The fraction of sp³-hybridized carbons (Fsp3) is 0.462. The number of nitrogens with one attached hydrogen (secondary N) is 1. The van der Waals surface area contributed by atoms with Crippen molar-refractivity contribution in [3.8, 4) is 5.75 Å². The maximum Gasteiger partial charge on any atom is 0.303 e. The number of halogens is 1. The summed E-state index contributed by atoms with van der Waals surface area (Å²) >= 11 is 3.43. The average Bonchev–Trinajstić information content (AvgIpc) is 2.33. The highest BCUT2D eigenvalue weighted by molar-refractivity contribution is 9.10. The third-order valence-electron chi connectivity index (χ3n) is 2.55. The number of unbranched alkanes of at least 4 members (excludes halogenated alkanes) is 2. The lowest BCUT2D eigenvalue weighted by Gasteiger charge is -2.08. The molecule has 0 heterocycles. The summed E-state index contributed by atoms with van der Waals surface area (Å²) in [5, 5.41) is 11.8. The van der Waals surface area contributed by atoms with E-state index in [2.05, 4.69) is 21.2 Å². The summed E-state index contributed by atoms with van der Waals surface area (Å²) in [6.45, 7) is 0.846. The van der Waals surface area contributed by atoms with E-state index in [1.807, 2.05) is 18.2 Å². The fourth-order valence-corrected chi connectivity index (χ4v) is 2.13. The molecule has 0 bridgehead atoms. The Balaban J connectivity index is 2.23. The highest BCUT2D eigenvalue weighted by Gasteiger charge is 2.01. The molecule has 0 aliphatic heterocycles. The average molecular weight is 316 g/mol. The number of anilines is 1. The molecule has 4 nitrogen and oxygen atoms in total. The lowest BCUT2D eigenvalue weighted by molar-refractivity contribution is -0.137. The molecular weight excluding hydrogens is 298 g/mol. The Morgan fingerprint density at radius 1 is 1.39 bits per heavy atom. The predicted octanol–water partition coefficient (Wildman–Crippen LogP) is 3.51. The van der Waals surface area contributed by atoms with Gasteiger partial charge in [-0.05, 0) is 47.0 Å². The molecule has 0 aliphatic carbocycles. The van der Waals surface area contributed by atoms with Crippen LogP contribution in [-0.2, 0) is 4.79 Å². The first kappa shape index (κ1) is 14.8. The molecule has 0 fully saturated rings. The summed E-state index contributed by atoms with van der Waals surface area (Å²) in [6.07, 6.45) is 2.89. The number of hydrogen-bond donors (Lipinski definition) is 2. The molecule has 0 aliphatic rings. The molecule has 2 N–H and O–H groups in total. The van der Waals surface area contributed by atoms with Gasteiger partial charge in [0.2, 0.25) is 0 Å². The van der Waals surface area contributed by atoms with Crippen LogP contribution in [0.3, 0.4) is 0 Å². The summed E-state index contributed by atoms with van der Waals surface area (Å²) in [5.74, 6) is 0.0871. The molecule has 0 saturated carbocycles. The lowest BCUT2D eigenvalue weighted by Crippen LogP contribution is -2.02. The number of aliphatic carboxylic acids is 1. The van der Waals surface area contributed by atoms with Crippen LogP contribution in [0.5, 0.6) is 5.75 Å². The molecule has 0 unspecified atom stereocenters. The van der Waals surface area contributed by atoms with Crippen molar-refractivity contribution in [2.24, 2.45) is 0 Å². The van der Waals surface area contributed by atoms with Gasteiger partial charge in [0.25, 0.3) is 0 Å². The number of rotatable bonds is 8. The van der Waals surface area contributed by atoms with Crippen molar-refractivity contribution < 1.29 is 14.6 Å². The van der Waals surface area contributed by atoms with Gasteiger partial charge in [0.15, 0.2) is 0 Å². The third kappa shape index (κ3) is 5.40. The topological polar surface area (TPSA) is 58.6 Å². The van der Waals surface area contributed by atoms with Gasteiger partial charge in [-0.2, -0.15) is 0 Å². The first-order valence-corrected chi connectivity index (χ1v) is 6.72. The SMILES string of the molecule is COc1ccc(NCCCCCC(=O)O)cc1Br. The Hall–Kier alpha value is -1.23. The van der Waals surface area contributed by atoms with Gasteiger partial charge in [0.1, 0.15) is 5.75 Å². The molecule has 0 atom stereocenters. The van der Waals surface area contributed by atoms with E-state index < -0.39 is 5.97 Å². The molecule has 1 aromatic rings. The predicted molar refractivity (Wildman–Crippen MR) is 75.3 cm³/mol. The van der Waals surface area contributed by atoms with Crippen molar-refractivity contribution in [2.75, 3.05) is 19.0 Å². The zero-order chi connectivity index (χ0) is 13.4. The van der Waals surface area contributed by atoms with Gasteiger partial charge < -0.3 is 15.2 Å². The number of carboxylic acid groups (broad SMARTS) is 1. The van der Waals surface area contributed by atoms with E-state index in [4.69, 9.17) is 9.84 Å². The minimum atomic E-state index is -0.720. The van der Waals surface area contributed by atoms with Crippen LogP contribution in [0.1, 0.15) is 25.7 Å². The molecule has 0 saturated heterocycles. The molecule has 0 aromatic heterocycles. The molecule has 5 heteroatoms.